The number of hydrogen-bond acceptors (Lipinski definition) is 3. The maximum absolute atomic E-state index is 12.1. The topological polar surface area (TPSA) is 61.4 Å². The van der Waals surface area contributed by atoms with Crippen LogP contribution in [0.5, 0.6) is 0 Å². The number of carbonyl (C=O) groups excluding carboxylic acids is 2. The first-order valence-electron chi connectivity index (χ1n) is 9.37. The Morgan fingerprint density at radius 1 is 1.00 bits per heavy atom. The van der Waals surface area contributed by atoms with Crippen molar-refractivity contribution in [3.05, 3.63) is 68.7 Å². The minimum Gasteiger partial charge on any atom is -0.354 e. The van der Waals surface area contributed by atoms with E-state index in [1.165, 1.54) is 11.6 Å². The molecule has 0 radical (unpaired) electrons. The number of carbonyl (C=O) groups is 2. The molecule has 0 aromatic heterocycles. The minimum atomic E-state index is -0.367. The van der Waals surface area contributed by atoms with E-state index in [1.807, 2.05) is 24.3 Å². The Morgan fingerprint density at radius 2 is 1.76 bits per heavy atom. The number of nitrogens with zero attached hydrogens (tertiary/aromatic N) is 1. The van der Waals surface area contributed by atoms with Crippen molar-refractivity contribution in [2.24, 2.45) is 5.92 Å². The van der Waals surface area contributed by atoms with Crippen LogP contribution in [0.15, 0.2) is 42.5 Å². The molecular weight excluding hydrogens is 433 g/mol. The van der Waals surface area contributed by atoms with Crippen LogP contribution in [0.25, 0.3) is 0 Å². The lowest BCUT2D eigenvalue weighted by Crippen LogP contribution is -2.39. The van der Waals surface area contributed by atoms with Crippen molar-refractivity contribution in [3.63, 3.8) is 0 Å². The van der Waals surface area contributed by atoms with Gasteiger partial charge in [-0.15, -0.1) is 0 Å². The molecule has 2 N–H and O–H groups in total. The first-order valence-corrected chi connectivity index (χ1v) is 10.5. The summed E-state index contributed by atoms with van der Waals surface area (Å²) in [6, 6.07) is 12.5. The van der Waals surface area contributed by atoms with E-state index in [0.717, 1.165) is 31.1 Å². The van der Waals surface area contributed by atoms with Crippen molar-refractivity contribution in [3.8, 4) is 0 Å². The van der Waals surface area contributed by atoms with E-state index in [0.29, 0.717) is 28.1 Å². The summed E-state index contributed by atoms with van der Waals surface area (Å²) in [7, 11) is 0. The molecule has 1 unspecified atom stereocenters. The average Bonchev–Trinajstić information content (AvgIpc) is 3.15. The zero-order chi connectivity index (χ0) is 20.8. The van der Waals surface area contributed by atoms with Gasteiger partial charge in [0.1, 0.15) is 0 Å². The van der Waals surface area contributed by atoms with E-state index in [1.54, 1.807) is 12.1 Å². The largest absolute Gasteiger partial charge is 0.354 e. The van der Waals surface area contributed by atoms with Crippen LogP contribution in [0, 0.1) is 5.92 Å². The van der Waals surface area contributed by atoms with Crippen molar-refractivity contribution in [2.45, 2.75) is 13.0 Å². The standard InChI is InChI=1S/C21H22Cl3N3O2/c22-17-4-1-14(2-5-17)12-27-8-7-15(13-27)10-25-20(28)11-26-21(29)16-3-6-18(23)19(24)9-16/h1-6,9,15H,7-8,10-13H2,(H,25,28)(H,26,29). The highest BCUT2D eigenvalue weighted by Gasteiger charge is 2.23. The van der Waals surface area contributed by atoms with Gasteiger partial charge in [-0.2, -0.15) is 0 Å². The van der Waals surface area contributed by atoms with Crippen LogP contribution in [0.3, 0.4) is 0 Å². The average molecular weight is 455 g/mol. The van der Waals surface area contributed by atoms with Crippen molar-refractivity contribution < 1.29 is 9.59 Å². The predicted molar refractivity (Wildman–Crippen MR) is 117 cm³/mol. The van der Waals surface area contributed by atoms with Crippen LogP contribution < -0.4 is 10.6 Å². The summed E-state index contributed by atoms with van der Waals surface area (Å²) in [5.74, 6) is -0.180. The van der Waals surface area contributed by atoms with Crippen LogP contribution in [0.1, 0.15) is 22.3 Å². The highest BCUT2D eigenvalue weighted by molar-refractivity contribution is 6.42. The zero-order valence-electron chi connectivity index (χ0n) is 15.8. The van der Waals surface area contributed by atoms with E-state index >= 15 is 0 Å². The van der Waals surface area contributed by atoms with Gasteiger partial charge in [0, 0.05) is 30.2 Å². The fourth-order valence-corrected chi connectivity index (χ4v) is 3.72. The number of benzene rings is 2. The van der Waals surface area contributed by atoms with Crippen LogP contribution >= 0.6 is 34.8 Å². The Labute approximate surface area is 185 Å². The number of rotatable bonds is 7. The highest BCUT2D eigenvalue weighted by atomic mass is 35.5. The van der Waals surface area contributed by atoms with E-state index in [2.05, 4.69) is 15.5 Å². The molecule has 1 atom stereocenters. The summed E-state index contributed by atoms with van der Waals surface area (Å²) >= 11 is 17.7. The van der Waals surface area contributed by atoms with Gasteiger partial charge in [0.05, 0.1) is 16.6 Å². The molecule has 8 heteroatoms. The van der Waals surface area contributed by atoms with E-state index in [-0.39, 0.29) is 18.4 Å². The molecule has 2 aromatic carbocycles. The third-order valence-electron chi connectivity index (χ3n) is 4.87. The maximum Gasteiger partial charge on any atom is 0.251 e. The molecular formula is C21H22Cl3N3O2. The number of hydrogen-bond donors (Lipinski definition) is 2. The molecule has 1 aliphatic heterocycles. The van der Waals surface area contributed by atoms with Gasteiger partial charge in [0.2, 0.25) is 5.91 Å². The fourth-order valence-electron chi connectivity index (χ4n) is 3.29. The van der Waals surface area contributed by atoms with Crippen molar-refractivity contribution in [1.82, 2.24) is 15.5 Å². The predicted octanol–water partition coefficient (Wildman–Crippen LogP) is 4.01. The normalized spacial score (nSPS) is 16.6. The highest BCUT2D eigenvalue weighted by Crippen LogP contribution is 2.22. The molecule has 5 nitrogen and oxygen atoms in total. The number of halogens is 3. The van der Waals surface area contributed by atoms with Crippen LogP contribution in [-0.4, -0.2) is 42.9 Å². The van der Waals surface area contributed by atoms with Gasteiger partial charge in [0.25, 0.3) is 5.91 Å². The molecule has 0 spiro atoms. The van der Waals surface area contributed by atoms with Crippen molar-refractivity contribution in [2.75, 3.05) is 26.2 Å². The zero-order valence-corrected chi connectivity index (χ0v) is 18.0. The van der Waals surface area contributed by atoms with Gasteiger partial charge in [-0.05, 0) is 54.8 Å². The molecule has 1 aliphatic rings. The van der Waals surface area contributed by atoms with Crippen LogP contribution in [0.2, 0.25) is 15.1 Å². The van der Waals surface area contributed by atoms with Crippen molar-refractivity contribution >= 4 is 46.6 Å². The minimum absolute atomic E-state index is 0.0830. The second-order valence-electron chi connectivity index (χ2n) is 7.13. The van der Waals surface area contributed by atoms with E-state index in [9.17, 15) is 9.59 Å². The Bertz CT molecular complexity index is 874. The van der Waals surface area contributed by atoms with Gasteiger partial charge < -0.3 is 10.6 Å². The molecule has 1 saturated heterocycles. The third-order valence-corrected chi connectivity index (χ3v) is 5.86. The lowest BCUT2D eigenvalue weighted by atomic mass is 10.1. The van der Waals surface area contributed by atoms with Crippen molar-refractivity contribution in [1.29, 1.82) is 0 Å². The van der Waals surface area contributed by atoms with Gasteiger partial charge in [-0.3, -0.25) is 14.5 Å². The van der Waals surface area contributed by atoms with Gasteiger partial charge in [-0.1, -0.05) is 46.9 Å². The Kier molecular flexibility index (Phi) is 7.78. The lowest BCUT2D eigenvalue weighted by molar-refractivity contribution is -0.120. The Hall–Kier alpha value is -1.79. The molecule has 1 fully saturated rings. The Balaban J connectivity index is 1.36. The molecule has 1 heterocycles. The second-order valence-corrected chi connectivity index (χ2v) is 8.38. The summed E-state index contributed by atoms with van der Waals surface area (Å²) in [6.07, 6.45) is 1.03. The Morgan fingerprint density at radius 3 is 2.48 bits per heavy atom. The number of nitrogens with one attached hydrogen (secondary N) is 2. The maximum atomic E-state index is 12.1. The molecule has 3 rings (SSSR count). The van der Waals surface area contributed by atoms with Gasteiger partial charge in [0.15, 0.2) is 0 Å². The SMILES string of the molecule is O=C(CNC(=O)c1ccc(Cl)c(Cl)c1)NCC1CCN(Cc2ccc(Cl)cc2)C1. The number of likely N-dealkylation sites (tertiary alicyclic amines) is 1. The smallest absolute Gasteiger partial charge is 0.251 e. The first-order chi connectivity index (χ1) is 13.9. The summed E-state index contributed by atoms with van der Waals surface area (Å²) < 4.78 is 0. The van der Waals surface area contributed by atoms with Crippen LogP contribution in [-0.2, 0) is 11.3 Å². The molecule has 29 heavy (non-hydrogen) atoms. The quantitative estimate of drug-likeness (QED) is 0.664. The van der Waals surface area contributed by atoms with Gasteiger partial charge >= 0.3 is 0 Å². The number of amides is 2. The molecule has 0 saturated carbocycles. The summed E-state index contributed by atoms with van der Waals surface area (Å²) in [5, 5.41) is 6.91. The molecule has 0 aliphatic carbocycles. The fraction of sp³-hybridized carbons (Fsp3) is 0.333. The molecule has 2 amide bonds. The van der Waals surface area contributed by atoms with Crippen LogP contribution in [0.4, 0.5) is 0 Å². The van der Waals surface area contributed by atoms with Gasteiger partial charge in [-0.25, -0.2) is 0 Å². The molecule has 154 valence electrons. The first kappa shape index (κ1) is 21.9. The van der Waals surface area contributed by atoms with E-state index < -0.39 is 0 Å². The summed E-state index contributed by atoms with van der Waals surface area (Å²) in [5.41, 5.74) is 1.59. The van der Waals surface area contributed by atoms with E-state index in [4.69, 9.17) is 34.8 Å². The third kappa shape index (κ3) is 6.61. The molecule has 2 aromatic rings. The molecule has 0 bridgehead atoms. The summed E-state index contributed by atoms with van der Waals surface area (Å²) in [4.78, 5) is 26.5. The summed E-state index contributed by atoms with van der Waals surface area (Å²) in [6.45, 7) is 3.32. The lowest BCUT2D eigenvalue weighted by Gasteiger charge is -2.16. The monoisotopic (exact) mass is 453 g/mol. The second kappa shape index (κ2) is 10.3.